The zero-order valence-corrected chi connectivity index (χ0v) is 12.6. The van der Waals surface area contributed by atoms with Gasteiger partial charge in [-0.2, -0.15) is 0 Å². The van der Waals surface area contributed by atoms with Crippen LogP contribution >= 0.6 is 0 Å². The number of nitriles is 1. The normalized spacial score (nSPS) is 23.1. The molecule has 0 heterocycles. The molecule has 2 aromatic carbocycles. The number of fused-ring (bicyclic) bond motifs is 1. The van der Waals surface area contributed by atoms with Crippen molar-refractivity contribution in [2.24, 2.45) is 5.92 Å². The summed E-state index contributed by atoms with van der Waals surface area (Å²) in [6.45, 7) is 0. The topological polar surface area (TPSA) is 23.8 Å². The van der Waals surface area contributed by atoms with Crippen molar-refractivity contribution in [1.82, 2.24) is 0 Å². The van der Waals surface area contributed by atoms with Crippen molar-refractivity contribution < 1.29 is 0 Å². The Morgan fingerprint density at radius 2 is 1.79 bits per heavy atom. The van der Waals surface area contributed by atoms with Crippen molar-refractivity contribution in [2.45, 2.75) is 30.5 Å². The van der Waals surface area contributed by atoms with E-state index in [1.165, 1.54) is 34.5 Å². The van der Waals surface area contributed by atoms with E-state index in [-0.39, 0.29) is 5.92 Å². The average Bonchev–Trinajstić information content (AvgIpc) is 2.48. The third kappa shape index (κ3) is 2.68. The Morgan fingerprint density at radius 1 is 1.00 bits per heavy atom. The van der Waals surface area contributed by atoms with Crippen molar-refractivity contribution in [1.29, 1.82) is 5.26 Å². The molecule has 0 radical (unpaired) electrons. The number of rotatable bonds is 2. The summed E-state index contributed by atoms with van der Waals surface area (Å²) in [6.07, 6.45) is 4.88. The molecule has 1 aliphatic rings. The predicted molar refractivity (Wildman–Crippen MR) is 80.7 cm³/mol. The van der Waals surface area contributed by atoms with Crippen molar-refractivity contribution in [3.8, 4) is 6.07 Å². The number of hydrogen-bond acceptors (Lipinski definition) is 1. The minimum atomic E-state index is 0.285. The van der Waals surface area contributed by atoms with Crippen LogP contribution in [0.15, 0.2) is 42.5 Å². The first kappa shape index (κ1) is 12.7. The van der Waals surface area contributed by atoms with Gasteiger partial charge in [0.05, 0.1) is 0 Å². The first-order valence-electron chi connectivity index (χ1n) is 6.92. The summed E-state index contributed by atoms with van der Waals surface area (Å²) < 4.78 is 1.47. The van der Waals surface area contributed by atoms with Gasteiger partial charge < -0.3 is 0 Å². The first-order chi connectivity index (χ1) is 9.38. The average molecular weight is 314 g/mol. The Morgan fingerprint density at radius 3 is 2.68 bits per heavy atom. The third-order valence-corrected chi connectivity index (χ3v) is 7.00. The zero-order valence-electron chi connectivity index (χ0n) is 10.9. The molecule has 0 saturated heterocycles. The molecular formula is C17H17NSe. The molecule has 2 heteroatoms. The molecule has 1 nitrogen and oxygen atoms in total. The second-order valence-corrected chi connectivity index (χ2v) is 7.84. The molecule has 0 amide bonds. The number of hydrogen-bond donors (Lipinski definition) is 0. The molecule has 0 aromatic heterocycles. The number of benzene rings is 2. The van der Waals surface area contributed by atoms with Gasteiger partial charge in [-0.25, -0.2) is 0 Å². The van der Waals surface area contributed by atoms with Crippen LogP contribution in [0.5, 0.6) is 0 Å². The van der Waals surface area contributed by atoms with Gasteiger partial charge in [0, 0.05) is 0 Å². The molecule has 3 rings (SSSR count). The Labute approximate surface area is 120 Å². The summed E-state index contributed by atoms with van der Waals surface area (Å²) in [7, 11) is 0. The van der Waals surface area contributed by atoms with E-state index in [2.05, 4.69) is 48.5 Å². The summed E-state index contributed by atoms with van der Waals surface area (Å²) in [5.41, 5.74) is 0. The quantitative estimate of drug-likeness (QED) is 0.776. The van der Waals surface area contributed by atoms with Crippen molar-refractivity contribution in [3.63, 3.8) is 0 Å². The van der Waals surface area contributed by atoms with Gasteiger partial charge in [0.2, 0.25) is 0 Å². The molecule has 2 atom stereocenters. The van der Waals surface area contributed by atoms with Gasteiger partial charge in [-0.3, -0.25) is 0 Å². The molecule has 1 aliphatic carbocycles. The maximum atomic E-state index is 9.31. The Balaban J connectivity index is 1.91. The van der Waals surface area contributed by atoms with Crippen LogP contribution in [0.2, 0.25) is 4.82 Å². The standard InChI is InChI=1S/C17H17NSe/c18-12-14-7-2-4-10-16(14)19-17-11-5-8-13-6-1-3-9-15(13)17/h1,3,5-6,8-9,11,14,16H,2,4,7,10H2. The van der Waals surface area contributed by atoms with Crippen LogP contribution in [-0.2, 0) is 0 Å². The Bertz CT molecular complexity index is 609. The van der Waals surface area contributed by atoms with Gasteiger partial charge in [-0.15, -0.1) is 0 Å². The monoisotopic (exact) mass is 315 g/mol. The molecular weight excluding hydrogens is 297 g/mol. The van der Waals surface area contributed by atoms with Gasteiger partial charge in [-0.05, 0) is 0 Å². The van der Waals surface area contributed by atoms with E-state index in [1.807, 2.05) is 0 Å². The van der Waals surface area contributed by atoms with Crippen molar-refractivity contribution in [2.75, 3.05) is 0 Å². The summed E-state index contributed by atoms with van der Waals surface area (Å²) in [5.74, 6) is 0.285. The second-order valence-electron chi connectivity index (χ2n) is 5.15. The van der Waals surface area contributed by atoms with Crippen molar-refractivity contribution in [3.05, 3.63) is 42.5 Å². The van der Waals surface area contributed by atoms with Crippen LogP contribution in [0.3, 0.4) is 0 Å². The summed E-state index contributed by atoms with van der Waals surface area (Å²) in [6, 6.07) is 17.7. The van der Waals surface area contributed by atoms with E-state index < -0.39 is 0 Å². The van der Waals surface area contributed by atoms with E-state index in [9.17, 15) is 5.26 Å². The van der Waals surface area contributed by atoms with Gasteiger partial charge in [-0.1, -0.05) is 0 Å². The van der Waals surface area contributed by atoms with Gasteiger partial charge in [0.15, 0.2) is 0 Å². The Hall–Kier alpha value is -1.29. The van der Waals surface area contributed by atoms with Crippen LogP contribution in [0.25, 0.3) is 10.8 Å². The minimum absolute atomic E-state index is 0.285. The van der Waals surface area contributed by atoms with E-state index in [4.69, 9.17) is 0 Å². The molecule has 1 saturated carbocycles. The molecule has 2 unspecified atom stereocenters. The molecule has 0 bridgehead atoms. The molecule has 1 fully saturated rings. The maximum absolute atomic E-state index is 9.31. The van der Waals surface area contributed by atoms with E-state index in [0.717, 1.165) is 6.42 Å². The molecule has 96 valence electrons. The van der Waals surface area contributed by atoms with Gasteiger partial charge in [0.25, 0.3) is 0 Å². The molecule has 19 heavy (non-hydrogen) atoms. The summed E-state index contributed by atoms with van der Waals surface area (Å²) >= 11 is 0.418. The summed E-state index contributed by atoms with van der Waals surface area (Å²) in [5, 5.41) is 12.0. The van der Waals surface area contributed by atoms with E-state index in [1.54, 1.807) is 0 Å². The van der Waals surface area contributed by atoms with Crippen LogP contribution < -0.4 is 4.46 Å². The first-order valence-corrected chi connectivity index (χ1v) is 8.77. The van der Waals surface area contributed by atoms with Gasteiger partial charge >= 0.3 is 120 Å². The van der Waals surface area contributed by atoms with Crippen LogP contribution in [0, 0.1) is 17.2 Å². The fraction of sp³-hybridized carbons (Fsp3) is 0.353. The van der Waals surface area contributed by atoms with E-state index >= 15 is 0 Å². The molecule has 0 N–H and O–H groups in total. The zero-order chi connectivity index (χ0) is 13.1. The van der Waals surface area contributed by atoms with Crippen molar-refractivity contribution >= 4 is 30.2 Å². The Kier molecular flexibility index (Phi) is 3.87. The second kappa shape index (κ2) is 5.78. The SMILES string of the molecule is N#CC1CCCCC1[Se]c1cccc2ccccc12. The fourth-order valence-electron chi connectivity index (χ4n) is 2.85. The van der Waals surface area contributed by atoms with Crippen LogP contribution in [-0.4, -0.2) is 15.0 Å². The predicted octanol–water partition coefficient (Wildman–Crippen LogP) is 3.67. The number of nitrogens with zero attached hydrogens (tertiary/aromatic N) is 1. The summed E-state index contributed by atoms with van der Waals surface area (Å²) in [4.78, 5) is 0.608. The molecule has 0 spiro atoms. The van der Waals surface area contributed by atoms with Crippen LogP contribution in [0.1, 0.15) is 25.7 Å². The van der Waals surface area contributed by atoms with Crippen LogP contribution in [0.4, 0.5) is 0 Å². The van der Waals surface area contributed by atoms with E-state index in [0.29, 0.717) is 19.8 Å². The fourth-order valence-corrected chi connectivity index (χ4v) is 5.87. The molecule has 0 aliphatic heterocycles. The van der Waals surface area contributed by atoms with Gasteiger partial charge in [0.1, 0.15) is 0 Å². The molecule has 2 aromatic rings. The third-order valence-electron chi connectivity index (χ3n) is 3.90.